The van der Waals surface area contributed by atoms with Crippen LogP contribution in [-0.4, -0.2) is 17.3 Å². The van der Waals surface area contributed by atoms with E-state index in [0.29, 0.717) is 0 Å². The molecule has 0 atom stereocenters. The zero-order chi connectivity index (χ0) is 9.31. The first-order valence-electron chi connectivity index (χ1n) is 4.33. The first kappa shape index (κ1) is 9.65. The van der Waals surface area contributed by atoms with Crippen molar-refractivity contribution in [1.29, 1.82) is 0 Å². The Kier molecular flexibility index (Phi) is 2.74. The Morgan fingerprint density at radius 3 is 2.85 bits per heavy atom. The van der Waals surface area contributed by atoms with Crippen LogP contribution in [0.5, 0.6) is 0 Å². The Hall–Kier alpha value is 0.100. The van der Waals surface area contributed by atoms with Crippen LogP contribution < -0.4 is 5.32 Å². The van der Waals surface area contributed by atoms with Gasteiger partial charge < -0.3 is 10.4 Å². The van der Waals surface area contributed by atoms with Crippen molar-refractivity contribution in [3.8, 4) is 0 Å². The number of rotatable bonds is 4. The zero-order valence-electron chi connectivity index (χ0n) is 7.22. The molecule has 0 amide bonds. The van der Waals surface area contributed by atoms with E-state index in [-0.39, 0.29) is 12.1 Å². The Morgan fingerprint density at radius 1 is 1.62 bits per heavy atom. The van der Waals surface area contributed by atoms with E-state index in [1.54, 1.807) is 11.3 Å². The van der Waals surface area contributed by atoms with Crippen molar-refractivity contribution in [3.05, 3.63) is 20.8 Å². The standard InChI is InChI=1S/C9H12BrNOS/c10-7-1-4-13-8(7)5-11-9(6-12)2-3-9/h1,4,11-12H,2-3,5-6H2. The SMILES string of the molecule is OCC1(NCc2sccc2Br)CC1. The fourth-order valence-electron chi connectivity index (χ4n) is 1.26. The second kappa shape index (κ2) is 3.69. The normalized spacial score (nSPS) is 18.9. The van der Waals surface area contributed by atoms with Gasteiger partial charge in [-0.2, -0.15) is 0 Å². The third kappa shape index (κ3) is 2.13. The monoisotopic (exact) mass is 261 g/mol. The molecule has 1 heterocycles. The lowest BCUT2D eigenvalue weighted by Crippen LogP contribution is -2.33. The molecule has 72 valence electrons. The van der Waals surface area contributed by atoms with E-state index >= 15 is 0 Å². The third-order valence-corrected chi connectivity index (χ3v) is 4.40. The number of aliphatic hydroxyl groups excluding tert-OH is 1. The first-order chi connectivity index (χ1) is 6.26. The molecular weight excluding hydrogens is 250 g/mol. The molecule has 0 saturated heterocycles. The minimum atomic E-state index is 0.0451. The maximum Gasteiger partial charge on any atom is 0.0613 e. The number of nitrogens with one attached hydrogen (secondary N) is 1. The van der Waals surface area contributed by atoms with Crippen molar-refractivity contribution >= 4 is 27.3 Å². The number of halogens is 1. The van der Waals surface area contributed by atoms with Crippen LogP contribution in [-0.2, 0) is 6.54 Å². The highest BCUT2D eigenvalue weighted by Gasteiger charge is 2.41. The van der Waals surface area contributed by atoms with Crippen molar-refractivity contribution < 1.29 is 5.11 Å². The maximum atomic E-state index is 9.08. The molecule has 1 aliphatic carbocycles. The summed E-state index contributed by atoms with van der Waals surface area (Å²) in [6, 6.07) is 2.06. The summed E-state index contributed by atoms with van der Waals surface area (Å²) in [7, 11) is 0. The molecule has 2 rings (SSSR count). The molecule has 0 unspecified atom stereocenters. The molecule has 0 bridgehead atoms. The maximum absolute atomic E-state index is 9.08. The molecule has 1 saturated carbocycles. The van der Waals surface area contributed by atoms with E-state index in [1.807, 2.05) is 0 Å². The number of thiophene rings is 1. The second-order valence-corrected chi connectivity index (χ2v) is 5.34. The van der Waals surface area contributed by atoms with Crippen molar-refractivity contribution in [1.82, 2.24) is 5.32 Å². The van der Waals surface area contributed by atoms with Crippen LogP contribution in [0.2, 0.25) is 0 Å². The van der Waals surface area contributed by atoms with Crippen LogP contribution >= 0.6 is 27.3 Å². The van der Waals surface area contributed by atoms with Gasteiger partial charge in [-0.1, -0.05) is 0 Å². The van der Waals surface area contributed by atoms with E-state index < -0.39 is 0 Å². The van der Waals surface area contributed by atoms with E-state index in [4.69, 9.17) is 5.11 Å². The Labute approximate surface area is 90.1 Å². The van der Waals surface area contributed by atoms with Gasteiger partial charge in [0.2, 0.25) is 0 Å². The fraction of sp³-hybridized carbons (Fsp3) is 0.556. The lowest BCUT2D eigenvalue weighted by atomic mass is 10.3. The molecule has 2 nitrogen and oxygen atoms in total. The van der Waals surface area contributed by atoms with Gasteiger partial charge in [0.05, 0.1) is 6.61 Å². The second-order valence-electron chi connectivity index (χ2n) is 3.48. The highest BCUT2D eigenvalue weighted by atomic mass is 79.9. The highest BCUT2D eigenvalue weighted by molar-refractivity contribution is 9.10. The van der Waals surface area contributed by atoms with E-state index in [2.05, 4.69) is 32.7 Å². The molecule has 1 fully saturated rings. The summed E-state index contributed by atoms with van der Waals surface area (Å²) < 4.78 is 1.17. The van der Waals surface area contributed by atoms with E-state index in [0.717, 1.165) is 19.4 Å². The zero-order valence-corrected chi connectivity index (χ0v) is 9.62. The molecular formula is C9H12BrNOS. The van der Waals surface area contributed by atoms with Gasteiger partial charge in [0.1, 0.15) is 0 Å². The van der Waals surface area contributed by atoms with Gasteiger partial charge in [-0.25, -0.2) is 0 Å². The first-order valence-corrected chi connectivity index (χ1v) is 6.01. The summed E-state index contributed by atoms with van der Waals surface area (Å²) in [4.78, 5) is 1.31. The Morgan fingerprint density at radius 2 is 2.38 bits per heavy atom. The molecule has 1 aromatic heterocycles. The van der Waals surface area contributed by atoms with Crippen LogP contribution in [0.25, 0.3) is 0 Å². The van der Waals surface area contributed by atoms with Crippen molar-refractivity contribution in [2.75, 3.05) is 6.61 Å². The molecule has 0 radical (unpaired) electrons. The molecule has 2 N–H and O–H groups in total. The quantitative estimate of drug-likeness (QED) is 0.871. The average Bonchev–Trinajstić information content (AvgIpc) is 2.82. The highest BCUT2D eigenvalue weighted by Crippen LogP contribution is 2.35. The largest absolute Gasteiger partial charge is 0.394 e. The molecule has 1 aliphatic rings. The lowest BCUT2D eigenvalue weighted by molar-refractivity contribution is 0.230. The predicted octanol–water partition coefficient (Wildman–Crippen LogP) is 2.13. The van der Waals surface area contributed by atoms with Gasteiger partial charge in [-0.3, -0.25) is 0 Å². The topological polar surface area (TPSA) is 32.3 Å². The van der Waals surface area contributed by atoms with Gasteiger partial charge in [-0.15, -0.1) is 11.3 Å². The summed E-state index contributed by atoms with van der Waals surface area (Å²) in [6.45, 7) is 1.12. The molecule has 0 aliphatic heterocycles. The summed E-state index contributed by atoms with van der Waals surface area (Å²) in [5.41, 5.74) is 0.0451. The van der Waals surface area contributed by atoms with Gasteiger partial charge in [0, 0.05) is 21.4 Å². The predicted molar refractivity (Wildman–Crippen MR) is 57.9 cm³/mol. The Bertz CT molecular complexity index is 296. The van der Waals surface area contributed by atoms with Crippen LogP contribution in [0, 0.1) is 0 Å². The third-order valence-electron chi connectivity index (χ3n) is 2.47. The Balaban J connectivity index is 1.90. The van der Waals surface area contributed by atoms with Gasteiger partial charge in [-0.05, 0) is 40.2 Å². The van der Waals surface area contributed by atoms with Crippen molar-refractivity contribution in [3.63, 3.8) is 0 Å². The van der Waals surface area contributed by atoms with Gasteiger partial charge >= 0.3 is 0 Å². The lowest BCUT2D eigenvalue weighted by Gasteiger charge is -2.13. The minimum absolute atomic E-state index is 0.0451. The van der Waals surface area contributed by atoms with E-state index in [1.165, 1.54) is 9.35 Å². The van der Waals surface area contributed by atoms with Crippen LogP contribution in [0.3, 0.4) is 0 Å². The van der Waals surface area contributed by atoms with Gasteiger partial charge in [0.25, 0.3) is 0 Å². The summed E-state index contributed by atoms with van der Waals surface area (Å²) in [5.74, 6) is 0. The van der Waals surface area contributed by atoms with Crippen LogP contribution in [0.4, 0.5) is 0 Å². The van der Waals surface area contributed by atoms with Crippen molar-refractivity contribution in [2.24, 2.45) is 0 Å². The number of aliphatic hydroxyl groups is 1. The van der Waals surface area contributed by atoms with E-state index in [9.17, 15) is 0 Å². The smallest absolute Gasteiger partial charge is 0.0613 e. The van der Waals surface area contributed by atoms with Crippen molar-refractivity contribution in [2.45, 2.75) is 24.9 Å². The molecule has 4 heteroatoms. The molecule has 0 aromatic carbocycles. The van der Waals surface area contributed by atoms with Crippen LogP contribution in [0.1, 0.15) is 17.7 Å². The molecule has 13 heavy (non-hydrogen) atoms. The molecule has 0 spiro atoms. The number of hydrogen-bond donors (Lipinski definition) is 2. The number of hydrogen-bond acceptors (Lipinski definition) is 3. The molecule has 1 aromatic rings. The minimum Gasteiger partial charge on any atom is -0.394 e. The summed E-state index contributed by atoms with van der Waals surface area (Å²) >= 11 is 5.22. The summed E-state index contributed by atoms with van der Waals surface area (Å²) in [5, 5.41) is 14.5. The summed E-state index contributed by atoms with van der Waals surface area (Å²) in [6.07, 6.45) is 2.21. The van der Waals surface area contributed by atoms with Gasteiger partial charge in [0.15, 0.2) is 0 Å². The van der Waals surface area contributed by atoms with Crippen LogP contribution in [0.15, 0.2) is 15.9 Å². The average molecular weight is 262 g/mol. The fourth-order valence-corrected chi connectivity index (χ4v) is 2.69.